The van der Waals surface area contributed by atoms with Crippen molar-refractivity contribution in [3.63, 3.8) is 0 Å². The molecule has 2 aliphatic heterocycles. The minimum atomic E-state index is -1.37. The van der Waals surface area contributed by atoms with Gasteiger partial charge in [-0.25, -0.2) is 4.79 Å². The molecule has 3 unspecified atom stereocenters. The molecule has 24 heavy (non-hydrogen) atoms. The van der Waals surface area contributed by atoms with Gasteiger partial charge in [-0.1, -0.05) is 13.8 Å². The highest BCUT2D eigenvalue weighted by atomic mass is 16.7. The first-order valence-electron chi connectivity index (χ1n) is 8.16. The van der Waals surface area contributed by atoms with Gasteiger partial charge in [-0.3, -0.25) is 9.59 Å². The summed E-state index contributed by atoms with van der Waals surface area (Å²) in [5.74, 6) is -1.57. The smallest absolute Gasteiger partial charge is 0.354 e. The van der Waals surface area contributed by atoms with E-state index in [9.17, 15) is 14.4 Å². The number of fused-ring (bicyclic) bond motifs is 2. The molecule has 3 rings (SSSR count). The van der Waals surface area contributed by atoms with Crippen LogP contribution in [0.4, 0.5) is 0 Å². The van der Waals surface area contributed by atoms with Crippen LogP contribution >= 0.6 is 0 Å². The Morgan fingerprint density at radius 1 is 1.29 bits per heavy atom. The Bertz CT molecular complexity index is 639. The fourth-order valence-electron chi connectivity index (χ4n) is 3.82. The number of esters is 2. The van der Waals surface area contributed by atoms with Crippen molar-refractivity contribution in [2.45, 2.75) is 65.4 Å². The van der Waals surface area contributed by atoms with Gasteiger partial charge < -0.3 is 19.1 Å². The Labute approximate surface area is 140 Å². The normalized spacial score (nSPS) is 36.8. The van der Waals surface area contributed by atoms with Gasteiger partial charge in [0.1, 0.15) is 6.26 Å². The Kier molecular flexibility index (Phi) is 3.48. The Morgan fingerprint density at radius 3 is 2.46 bits per heavy atom. The molecule has 1 amide bonds. The van der Waals surface area contributed by atoms with Crippen LogP contribution in [-0.4, -0.2) is 40.7 Å². The number of carbonyl (C=O) groups is 3. The van der Waals surface area contributed by atoms with Gasteiger partial charge in [-0.15, -0.1) is 0 Å². The fraction of sp³-hybridized carbons (Fsp3) is 0.706. The zero-order valence-electron chi connectivity index (χ0n) is 14.6. The molecule has 3 aliphatic rings. The van der Waals surface area contributed by atoms with Crippen molar-refractivity contribution in [3.05, 3.63) is 12.5 Å². The summed E-state index contributed by atoms with van der Waals surface area (Å²) in [6, 6.07) is -0.0902. The van der Waals surface area contributed by atoms with Crippen molar-refractivity contribution in [2.75, 3.05) is 0 Å². The van der Waals surface area contributed by atoms with Gasteiger partial charge in [0, 0.05) is 17.7 Å². The molecule has 0 N–H and O–H groups in total. The van der Waals surface area contributed by atoms with Gasteiger partial charge in [0.25, 0.3) is 0 Å². The van der Waals surface area contributed by atoms with Crippen LogP contribution in [0.15, 0.2) is 12.5 Å². The van der Waals surface area contributed by atoms with Gasteiger partial charge in [-0.2, -0.15) is 0 Å². The molecular formula is C17H23NO6. The SMILES string of the molecule is CC(C)N1C=COC(OC(=O)C23CCC(C)(C(=O)O2)C3(C)C)C1=O. The van der Waals surface area contributed by atoms with Crippen LogP contribution in [0.5, 0.6) is 0 Å². The van der Waals surface area contributed by atoms with Crippen LogP contribution in [0.25, 0.3) is 0 Å². The predicted octanol–water partition coefficient (Wildman–Crippen LogP) is 1.72. The second-order valence-corrected chi connectivity index (χ2v) is 7.67. The average molecular weight is 337 g/mol. The fourth-order valence-corrected chi connectivity index (χ4v) is 3.82. The number of rotatable bonds is 3. The average Bonchev–Trinajstić information content (AvgIpc) is 2.79. The van der Waals surface area contributed by atoms with Gasteiger partial charge in [0.05, 0.1) is 5.41 Å². The highest BCUT2D eigenvalue weighted by Crippen LogP contribution is 2.65. The molecule has 7 heteroatoms. The maximum atomic E-state index is 12.8. The monoisotopic (exact) mass is 337 g/mol. The maximum absolute atomic E-state index is 12.8. The van der Waals surface area contributed by atoms with Crippen molar-refractivity contribution in [1.82, 2.24) is 4.90 Å². The molecule has 132 valence electrons. The van der Waals surface area contributed by atoms with Gasteiger partial charge in [-0.05, 0) is 33.6 Å². The maximum Gasteiger partial charge on any atom is 0.354 e. The largest absolute Gasteiger partial charge is 0.453 e. The minimum Gasteiger partial charge on any atom is -0.453 e. The lowest BCUT2D eigenvalue weighted by Crippen LogP contribution is -2.52. The van der Waals surface area contributed by atoms with E-state index >= 15 is 0 Å². The summed E-state index contributed by atoms with van der Waals surface area (Å²) in [6.07, 6.45) is 2.39. The highest BCUT2D eigenvalue weighted by molar-refractivity contribution is 5.95. The third kappa shape index (κ3) is 1.87. The molecule has 0 aromatic carbocycles. The molecule has 2 heterocycles. The number of ether oxygens (including phenoxy) is 3. The third-order valence-electron chi connectivity index (χ3n) is 6.06. The molecule has 0 aromatic heterocycles. The van der Waals surface area contributed by atoms with E-state index in [4.69, 9.17) is 14.2 Å². The van der Waals surface area contributed by atoms with Crippen LogP contribution < -0.4 is 0 Å². The lowest BCUT2D eigenvalue weighted by Gasteiger charge is -2.36. The minimum absolute atomic E-state index is 0.0902. The molecule has 3 atom stereocenters. The molecule has 1 saturated carbocycles. The molecule has 0 radical (unpaired) electrons. The summed E-state index contributed by atoms with van der Waals surface area (Å²) in [5, 5.41) is 0. The van der Waals surface area contributed by atoms with Crippen molar-refractivity contribution in [1.29, 1.82) is 0 Å². The van der Waals surface area contributed by atoms with E-state index in [1.807, 2.05) is 34.6 Å². The summed E-state index contributed by atoms with van der Waals surface area (Å²) in [6.45, 7) is 9.15. The van der Waals surface area contributed by atoms with Crippen LogP contribution in [0.2, 0.25) is 0 Å². The number of nitrogens with zero attached hydrogens (tertiary/aromatic N) is 1. The quantitative estimate of drug-likeness (QED) is 0.729. The summed E-state index contributed by atoms with van der Waals surface area (Å²) in [4.78, 5) is 38.9. The topological polar surface area (TPSA) is 82.1 Å². The second-order valence-electron chi connectivity index (χ2n) is 7.67. The van der Waals surface area contributed by atoms with E-state index in [1.54, 1.807) is 0 Å². The van der Waals surface area contributed by atoms with Crippen molar-refractivity contribution in [3.8, 4) is 0 Å². The van der Waals surface area contributed by atoms with Gasteiger partial charge in [0.15, 0.2) is 0 Å². The Morgan fingerprint density at radius 2 is 1.96 bits per heavy atom. The Balaban J connectivity index is 1.83. The first-order valence-corrected chi connectivity index (χ1v) is 8.16. The predicted molar refractivity (Wildman–Crippen MR) is 82.0 cm³/mol. The molecule has 0 aromatic rings. The second kappa shape index (κ2) is 4.97. The van der Waals surface area contributed by atoms with Gasteiger partial charge in [0.2, 0.25) is 5.60 Å². The van der Waals surface area contributed by atoms with Crippen LogP contribution in [0.1, 0.15) is 47.5 Å². The van der Waals surface area contributed by atoms with Crippen molar-refractivity contribution < 1.29 is 28.6 Å². The summed E-state index contributed by atoms with van der Waals surface area (Å²) in [5.41, 5.74) is -2.82. The summed E-state index contributed by atoms with van der Waals surface area (Å²) in [7, 11) is 0. The molecule has 2 fully saturated rings. The van der Waals surface area contributed by atoms with E-state index in [0.717, 1.165) is 0 Å². The van der Waals surface area contributed by atoms with E-state index in [0.29, 0.717) is 12.8 Å². The third-order valence-corrected chi connectivity index (χ3v) is 6.06. The van der Waals surface area contributed by atoms with Crippen molar-refractivity contribution in [2.24, 2.45) is 10.8 Å². The molecule has 0 spiro atoms. The first-order chi connectivity index (χ1) is 11.1. The summed E-state index contributed by atoms with van der Waals surface area (Å²) < 4.78 is 16.0. The number of amides is 1. The van der Waals surface area contributed by atoms with Crippen molar-refractivity contribution >= 4 is 17.8 Å². The van der Waals surface area contributed by atoms with E-state index in [-0.39, 0.29) is 6.04 Å². The first kappa shape index (κ1) is 16.8. The molecule has 2 bridgehead atoms. The molecule has 1 saturated heterocycles. The summed E-state index contributed by atoms with van der Waals surface area (Å²) >= 11 is 0. The standard InChI is InChI=1S/C17H23NO6/c1-10(2)18-8-9-22-12(11(18)19)23-14(21)17-7-6-16(5,13(20)24-17)15(17,3)4/h8-10,12H,6-7H2,1-5H3. The molecule has 1 aliphatic carbocycles. The molecular weight excluding hydrogens is 314 g/mol. The molecule has 7 nitrogen and oxygen atoms in total. The van der Waals surface area contributed by atoms with Crippen LogP contribution in [0, 0.1) is 10.8 Å². The Hall–Kier alpha value is -2.05. The number of carbonyl (C=O) groups excluding carboxylic acids is 3. The lowest BCUT2D eigenvalue weighted by atomic mass is 9.66. The van der Waals surface area contributed by atoms with Crippen LogP contribution in [0.3, 0.4) is 0 Å². The number of hydrogen-bond donors (Lipinski definition) is 0. The lowest BCUT2D eigenvalue weighted by molar-refractivity contribution is -0.207. The zero-order chi connectivity index (χ0) is 17.9. The van der Waals surface area contributed by atoms with E-state index in [1.165, 1.54) is 17.4 Å². The van der Waals surface area contributed by atoms with E-state index in [2.05, 4.69) is 0 Å². The highest BCUT2D eigenvalue weighted by Gasteiger charge is 2.76. The van der Waals surface area contributed by atoms with Crippen LogP contribution in [-0.2, 0) is 28.6 Å². The van der Waals surface area contributed by atoms with Gasteiger partial charge >= 0.3 is 24.1 Å². The van der Waals surface area contributed by atoms with E-state index < -0.39 is 40.6 Å². The zero-order valence-corrected chi connectivity index (χ0v) is 14.6. The number of hydrogen-bond acceptors (Lipinski definition) is 6.